The van der Waals surface area contributed by atoms with Gasteiger partial charge in [-0.3, -0.25) is 4.79 Å². The van der Waals surface area contributed by atoms with E-state index in [0.717, 1.165) is 5.57 Å². The van der Waals surface area contributed by atoms with Crippen LogP contribution in [0.4, 0.5) is 0 Å². The van der Waals surface area contributed by atoms with Gasteiger partial charge in [0.15, 0.2) is 5.78 Å². The molecular weight excluding hydrogens is 209 g/mol. The van der Waals surface area contributed by atoms with E-state index in [-0.39, 0.29) is 22.2 Å². The highest BCUT2D eigenvalue weighted by Gasteiger charge is 2.33. The molecule has 68 valence electrons. The maximum Gasteiger partial charge on any atom is 0.200 e. The molecule has 2 rings (SSSR count). The van der Waals surface area contributed by atoms with Crippen LogP contribution in [0.2, 0.25) is 0 Å². The largest absolute Gasteiger partial charge is 0.377 e. The first-order valence-electron chi connectivity index (χ1n) is 3.88. The molecule has 0 fully saturated rings. The first kappa shape index (κ1) is 8.85. The summed E-state index contributed by atoms with van der Waals surface area (Å²) in [6.45, 7) is 0. The van der Waals surface area contributed by atoms with E-state index in [9.17, 15) is 4.79 Å². The SMILES string of the molecule is O=C1C(Cl)=CC(Cl)C2=CC=CNC12. The van der Waals surface area contributed by atoms with Gasteiger partial charge in [-0.05, 0) is 23.9 Å². The van der Waals surface area contributed by atoms with Crippen molar-refractivity contribution in [2.24, 2.45) is 0 Å². The monoisotopic (exact) mass is 215 g/mol. The van der Waals surface area contributed by atoms with E-state index in [1.807, 2.05) is 12.2 Å². The Kier molecular flexibility index (Phi) is 2.18. The number of Topliss-reactive ketones (excluding diaryl/α,β-unsaturated/α-hetero) is 1. The van der Waals surface area contributed by atoms with Crippen LogP contribution < -0.4 is 5.32 Å². The molecule has 0 bridgehead atoms. The van der Waals surface area contributed by atoms with Crippen molar-refractivity contribution in [1.82, 2.24) is 5.32 Å². The summed E-state index contributed by atoms with van der Waals surface area (Å²) in [5.74, 6) is -0.117. The lowest BCUT2D eigenvalue weighted by Gasteiger charge is -2.27. The van der Waals surface area contributed by atoms with Crippen LogP contribution in [-0.2, 0) is 4.79 Å². The molecule has 0 aromatic rings. The minimum atomic E-state index is -0.370. The molecule has 0 aromatic heterocycles. The summed E-state index contributed by atoms with van der Waals surface area (Å²) < 4.78 is 0. The van der Waals surface area contributed by atoms with Gasteiger partial charge in [-0.1, -0.05) is 17.7 Å². The minimum absolute atomic E-state index is 0.117. The maximum atomic E-state index is 11.5. The van der Waals surface area contributed by atoms with Crippen molar-refractivity contribution in [3.05, 3.63) is 35.0 Å². The number of allylic oxidation sites excluding steroid dienone is 3. The van der Waals surface area contributed by atoms with Crippen LogP contribution in [-0.4, -0.2) is 17.2 Å². The number of hydrogen-bond donors (Lipinski definition) is 1. The van der Waals surface area contributed by atoms with Crippen molar-refractivity contribution in [3.63, 3.8) is 0 Å². The Bertz CT molecular complexity index is 344. The molecule has 1 heterocycles. The standard InChI is InChI=1S/C9H7Cl2NO/c10-6-4-7(11)9(13)8-5(6)2-1-3-12-8/h1-4,6,8,12H. The smallest absolute Gasteiger partial charge is 0.200 e. The van der Waals surface area contributed by atoms with Crippen molar-refractivity contribution in [1.29, 1.82) is 0 Å². The van der Waals surface area contributed by atoms with Gasteiger partial charge in [0.1, 0.15) is 6.04 Å². The molecule has 0 spiro atoms. The third-order valence-electron chi connectivity index (χ3n) is 2.09. The maximum absolute atomic E-state index is 11.5. The zero-order chi connectivity index (χ0) is 9.42. The summed E-state index contributed by atoms with van der Waals surface area (Å²) in [6.07, 6.45) is 6.94. The summed E-state index contributed by atoms with van der Waals surface area (Å²) in [5, 5.41) is 2.85. The van der Waals surface area contributed by atoms with Crippen LogP contribution >= 0.6 is 23.2 Å². The van der Waals surface area contributed by atoms with Gasteiger partial charge in [0.2, 0.25) is 0 Å². The molecule has 2 nitrogen and oxygen atoms in total. The normalized spacial score (nSPS) is 31.7. The fraction of sp³-hybridized carbons (Fsp3) is 0.222. The molecule has 0 saturated carbocycles. The van der Waals surface area contributed by atoms with Crippen LogP contribution in [0.3, 0.4) is 0 Å². The zero-order valence-electron chi connectivity index (χ0n) is 6.63. The highest BCUT2D eigenvalue weighted by molar-refractivity contribution is 6.45. The van der Waals surface area contributed by atoms with Gasteiger partial charge < -0.3 is 5.32 Å². The van der Waals surface area contributed by atoms with E-state index < -0.39 is 0 Å². The Labute approximate surface area is 85.9 Å². The third-order valence-corrected chi connectivity index (χ3v) is 2.78. The lowest BCUT2D eigenvalue weighted by Crippen LogP contribution is -2.42. The predicted molar refractivity (Wildman–Crippen MR) is 52.7 cm³/mol. The second-order valence-electron chi connectivity index (χ2n) is 2.91. The van der Waals surface area contributed by atoms with Gasteiger partial charge in [0, 0.05) is 0 Å². The van der Waals surface area contributed by atoms with Gasteiger partial charge in [-0.2, -0.15) is 0 Å². The fourth-order valence-corrected chi connectivity index (χ4v) is 2.05. The van der Waals surface area contributed by atoms with Crippen molar-refractivity contribution < 1.29 is 4.79 Å². The number of fused-ring (bicyclic) bond motifs is 1. The molecule has 1 aliphatic carbocycles. The summed E-state index contributed by atoms with van der Waals surface area (Å²) in [7, 11) is 0. The Morgan fingerprint density at radius 1 is 1.46 bits per heavy atom. The number of halogens is 2. The van der Waals surface area contributed by atoms with Gasteiger partial charge in [0.25, 0.3) is 0 Å². The van der Waals surface area contributed by atoms with Crippen LogP contribution in [0.25, 0.3) is 0 Å². The second kappa shape index (κ2) is 3.20. The molecule has 0 aromatic carbocycles. The Morgan fingerprint density at radius 2 is 2.23 bits per heavy atom. The summed E-state index contributed by atoms with van der Waals surface area (Å²) >= 11 is 11.7. The quantitative estimate of drug-likeness (QED) is 0.624. The van der Waals surface area contributed by atoms with Crippen LogP contribution in [0.15, 0.2) is 35.0 Å². The molecule has 2 atom stereocenters. The Balaban J connectivity index is 2.43. The van der Waals surface area contributed by atoms with E-state index in [1.165, 1.54) is 0 Å². The van der Waals surface area contributed by atoms with Crippen LogP contribution in [0.1, 0.15) is 0 Å². The predicted octanol–water partition coefficient (Wildman–Crippen LogP) is 1.71. The first-order chi connectivity index (χ1) is 6.20. The number of nitrogens with one attached hydrogen (secondary N) is 1. The lowest BCUT2D eigenvalue weighted by molar-refractivity contribution is -0.116. The summed E-state index contributed by atoms with van der Waals surface area (Å²) in [4.78, 5) is 11.5. The molecule has 2 unspecified atom stereocenters. The summed E-state index contributed by atoms with van der Waals surface area (Å²) in [6, 6.07) is -0.370. The lowest BCUT2D eigenvalue weighted by atomic mass is 9.92. The van der Waals surface area contributed by atoms with Gasteiger partial charge in [0.05, 0.1) is 10.4 Å². The molecule has 0 radical (unpaired) electrons. The highest BCUT2D eigenvalue weighted by atomic mass is 35.5. The molecular formula is C9H7Cl2NO. The first-order valence-corrected chi connectivity index (χ1v) is 4.70. The Hall–Kier alpha value is -0.730. The number of hydrogen-bond acceptors (Lipinski definition) is 2. The van der Waals surface area contributed by atoms with Crippen molar-refractivity contribution in [3.8, 4) is 0 Å². The average molecular weight is 216 g/mol. The molecule has 13 heavy (non-hydrogen) atoms. The second-order valence-corrected chi connectivity index (χ2v) is 3.78. The van der Waals surface area contributed by atoms with E-state index in [0.29, 0.717) is 0 Å². The van der Waals surface area contributed by atoms with Crippen molar-refractivity contribution in [2.45, 2.75) is 11.4 Å². The number of rotatable bonds is 0. The van der Waals surface area contributed by atoms with Gasteiger partial charge in [-0.15, -0.1) is 11.6 Å². The van der Waals surface area contributed by atoms with Crippen molar-refractivity contribution in [2.75, 3.05) is 0 Å². The zero-order valence-corrected chi connectivity index (χ0v) is 8.14. The van der Waals surface area contributed by atoms with Gasteiger partial charge >= 0.3 is 0 Å². The molecule has 1 N–H and O–H groups in total. The number of carbonyl (C=O) groups is 1. The molecule has 0 amide bonds. The Morgan fingerprint density at radius 3 is 3.00 bits per heavy atom. The molecule has 2 aliphatic rings. The van der Waals surface area contributed by atoms with Crippen LogP contribution in [0, 0.1) is 0 Å². The van der Waals surface area contributed by atoms with Crippen LogP contribution in [0.5, 0.6) is 0 Å². The van der Waals surface area contributed by atoms with E-state index in [2.05, 4.69) is 5.32 Å². The van der Waals surface area contributed by atoms with E-state index >= 15 is 0 Å². The van der Waals surface area contributed by atoms with E-state index in [4.69, 9.17) is 23.2 Å². The average Bonchev–Trinajstić information content (AvgIpc) is 2.15. The molecule has 1 aliphatic heterocycles. The number of dihydropyridines is 1. The third kappa shape index (κ3) is 1.40. The van der Waals surface area contributed by atoms with Gasteiger partial charge in [-0.25, -0.2) is 0 Å². The topological polar surface area (TPSA) is 29.1 Å². The highest BCUT2D eigenvalue weighted by Crippen LogP contribution is 2.28. The number of ketones is 1. The van der Waals surface area contributed by atoms with E-state index in [1.54, 1.807) is 12.3 Å². The molecule has 4 heteroatoms. The minimum Gasteiger partial charge on any atom is -0.377 e. The van der Waals surface area contributed by atoms with Crippen molar-refractivity contribution >= 4 is 29.0 Å². The number of carbonyl (C=O) groups excluding carboxylic acids is 1. The fourth-order valence-electron chi connectivity index (χ4n) is 1.43. The molecule has 0 saturated heterocycles. The number of alkyl halides is 1. The summed E-state index contributed by atoms with van der Waals surface area (Å²) in [5.41, 5.74) is 0.860.